The van der Waals surface area contributed by atoms with E-state index < -0.39 is 0 Å². The zero-order valence-corrected chi connectivity index (χ0v) is 17.5. The van der Waals surface area contributed by atoms with Gasteiger partial charge in [0.1, 0.15) is 6.61 Å². The number of halogens is 1. The van der Waals surface area contributed by atoms with Crippen LogP contribution in [-0.4, -0.2) is 18.0 Å². The largest absolute Gasteiger partial charge is 0.493 e. The van der Waals surface area contributed by atoms with Crippen LogP contribution in [0.4, 0.5) is 0 Å². The predicted molar refractivity (Wildman–Crippen MR) is 116 cm³/mol. The number of Topliss-reactive ketones (excluding diaryl/α,β-unsaturated/α-hetero) is 1. The van der Waals surface area contributed by atoms with E-state index in [2.05, 4.69) is 10.6 Å². The van der Waals surface area contributed by atoms with Gasteiger partial charge < -0.3 is 20.1 Å². The molecule has 1 heterocycles. The van der Waals surface area contributed by atoms with Crippen LogP contribution in [0.15, 0.2) is 53.7 Å². The van der Waals surface area contributed by atoms with E-state index in [0.29, 0.717) is 34.7 Å². The van der Waals surface area contributed by atoms with Crippen LogP contribution in [0.1, 0.15) is 36.4 Å². The minimum absolute atomic E-state index is 0.146. The zero-order valence-electron chi connectivity index (χ0n) is 16.0. The number of rotatable bonds is 5. The summed E-state index contributed by atoms with van der Waals surface area (Å²) in [4.78, 5) is 12.6. The van der Waals surface area contributed by atoms with E-state index in [4.69, 9.17) is 33.3 Å². The lowest BCUT2D eigenvalue weighted by Gasteiger charge is -2.34. The van der Waals surface area contributed by atoms with E-state index in [0.717, 1.165) is 35.2 Å². The number of methoxy groups -OCH3 is 1. The van der Waals surface area contributed by atoms with Crippen molar-refractivity contribution in [3.8, 4) is 11.5 Å². The number of benzene rings is 2. The van der Waals surface area contributed by atoms with Gasteiger partial charge in [-0.2, -0.15) is 0 Å². The molecule has 2 aliphatic rings. The Kier molecular flexibility index (Phi) is 5.74. The Morgan fingerprint density at radius 2 is 2.00 bits per heavy atom. The number of thiocarbonyl (C=S) groups is 1. The molecule has 150 valence electrons. The molecule has 4 rings (SSSR count). The van der Waals surface area contributed by atoms with Gasteiger partial charge in [-0.25, -0.2) is 0 Å². The van der Waals surface area contributed by atoms with Crippen molar-refractivity contribution < 1.29 is 14.3 Å². The molecule has 29 heavy (non-hydrogen) atoms. The average molecular weight is 429 g/mol. The highest BCUT2D eigenvalue weighted by atomic mass is 35.5. The molecular weight excluding hydrogens is 408 g/mol. The van der Waals surface area contributed by atoms with Gasteiger partial charge in [-0.3, -0.25) is 4.79 Å². The summed E-state index contributed by atoms with van der Waals surface area (Å²) in [6.07, 6.45) is 2.22. The summed E-state index contributed by atoms with van der Waals surface area (Å²) < 4.78 is 11.5. The molecule has 0 bridgehead atoms. The molecule has 2 N–H and O–H groups in total. The smallest absolute Gasteiger partial charge is 0.171 e. The van der Waals surface area contributed by atoms with Gasteiger partial charge in [-0.05, 0) is 48.8 Å². The molecule has 0 amide bonds. The van der Waals surface area contributed by atoms with Crippen LogP contribution in [-0.2, 0) is 11.4 Å². The molecule has 0 saturated carbocycles. The monoisotopic (exact) mass is 428 g/mol. The van der Waals surface area contributed by atoms with Crippen molar-refractivity contribution in [3.63, 3.8) is 0 Å². The normalized spacial score (nSPS) is 18.6. The summed E-state index contributed by atoms with van der Waals surface area (Å²) in [5.41, 5.74) is 3.46. The maximum atomic E-state index is 12.6. The highest BCUT2D eigenvalue weighted by molar-refractivity contribution is 7.80. The standard InChI is InChI=1S/C22H21ClN2O3S/c1-27-18-10-9-13(11-19(18)28-12-14-5-2-3-6-15(14)23)21-20-16(24-22(29)25-21)7-4-8-17(20)26/h2-3,5-6,9-11,21H,4,7-8,12H2,1H3,(H2,24,25,29). The second-order valence-electron chi connectivity index (χ2n) is 6.99. The van der Waals surface area contributed by atoms with Gasteiger partial charge in [0.25, 0.3) is 0 Å². The first-order chi connectivity index (χ1) is 14.1. The van der Waals surface area contributed by atoms with Gasteiger partial charge in [0.15, 0.2) is 22.4 Å². The average Bonchev–Trinajstić information content (AvgIpc) is 2.72. The van der Waals surface area contributed by atoms with Crippen molar-refractivity contribution in [3.05, 3.63) is 69.9 Å². The number of allylic oxidation sites excluding steroid dienone is 1. The van der Waals surface area contributed by atoms with E-state index >= 15 is 0 Å². The van der Waals surface area contributed by atoms with Gasteiger partial charge in [0.2, 0.25) is 0 Å². The second-order valence-corrected chi connectivity index (χ2v) is 7.81. The number of ether oxygens (including phenoxy) is 2. The van der Waals surface area contributed by atoms with Crippen LogP contribution in [0, 0.1) is 0 Å². The third kappa shape index (κ3) is 4.09. The SMILES string of the molecule is COc1ccc(C2NC(=S)NC3=C2C(=O)CCC3)cc1OCc1ccccc1Cl. The molecule has 2 aromatic rings. The van der Waals surface area contributed by atoms with Gasteiger partial charge in [-0.1, -0.05) is 35.9 Å². The molecule has 2 aromatic carbocycles. The van der Waals surface area contributed by atoms with Crippen molar-refractivity contribution in [1.29, 1.82) is 0 Å². The molecule has 1 aliphatic carbocycles. The number of hydrogen-bond donors (Lipinski definition) is 2. The van der Waals surface area contributed by atoms with Gasteiger partial charge in [-0.15, -0.1) is 0 Å². The first-order valence-corrected chi connectivity index (χ1v) is 10.2. The number of hydrogen-bond acceptors (Lipinski definition) is 4. The van der Waals surface area contributed by atoms with Crippen LogP contribution < -0.4 is 20.1 Å². The van der Waals surface area contributed by atoms with Crippen molar-refractivity contribution >= 4 is 34.7 Å². The quantitative estimate of drug-likeness (QED) is 0.686. The fourth-order valence-corrected chi connectivity index (χ4v) is 4.14. The lowest BCUT2D eigenvalue weighted by Crippen LogP contribution is -2.46. The molecule has 7 heteroatoms. The summed E-state index contributed by atoms with van der Waals surface area (Å²) in [5, 5.41) is 7.56. The Balaban J connectivity index is 1.66. The topological polar surface area (TPSA) is 59.6 Å². The number of carbonyl (C=O) groups is 1. The maximum absolute atomic E-state index is 12.6. The lowest BCUT2D eigenvalue weighted by atomic mass is 9.85. The Hall–Kier alpha value is -2.57. The van der Waals surface area contributed by atoms with Crippen LogP contribution in [0.25, 0.3) is 0 Å². The minimum Gasteiger partial charge on any atom is -0.493 e. The molecule has 0 spiro atoms. The zero-order chi connectivity index (χ0) is 20.4. The van der Waals surface area contributed by atoms with E-state index in [-0.39, 0.29) is 11.8 Å². The Morgan fingerprint density at radius 1 is 1.17 bits per heavy atom. The molecule has 0 fully saturated rings. The Bertz CT molecular complexity index is 1010. The molecule has 0 aromatic heterocycles. The van der Waals surface area contributed by atoms with Crippen molar-refractivity contribution in [2.75, 3.05) is 7.11 Å². The van der Waals surface area contributed by atoms with Crippen molar-refractivity contribution in [1.82, 2.24) is 10.6 Å². The number of carbonyl (C=O) groups excluding carboxylic acids is 1. The summed E-state index contributed by atoms with van der Waals surface area (Å²) >= 11 is 11.6. The van der Waals surface area contributed by atoms with E-state index in [1.807, 2.05) is 42.5 Å². The first kappa shape index (κ1) is 19.7. The van der Waals surface area contributed by atoms with Crippen molar-refractivity contribution in [2.45, 2.75) is 31.9 Å². The maximum Gasteiger partial charge on any atom is 0.171 e. The lowest BCUT2D eigenvalue weighted by molar-refractivity contribution is -0.116. The third-order valence-electron chi connectivity index (χ3n) is 5.15. The molecule has 1 unspecified atom stereocenters. The minimum atomic E-state index is -0.305. The van der Waals surface area contributed by atoms with Crippen LogP contribution >= 0.6 is 23.8 Å². The number of ketones is 1. The van der Waals surface area contributed by atoms with Crippen LogP contribution in [0.5, 0.6) is 11.5 Å². The fourth-order valence-electron chi connectivity index (χ4n) is 3.71. The summed E-state index contributed by atoms with van der Waals surface area (Å²) in [6, 6.07) is 12.9. The molecule has 5 nitrogen and oxygen atoms in total. The highest BCUT2D eigenvalue weighted by Crippen LogP contribution is 2.37. The third-order valence-corrected chi connectivity index (χ3v) is 5.74. The van der Waals surface area contributed by atoms with E-state index in [9.17, 15) is 4.79 Å². The molecule has 0 saturated heterocycles. The van der Waals surface area contributed by atoms with Gasteiger partial charge in [0, 0.05) is 28.3 Å². The first-order valence-electron chi connectivity index (χ1n) is 9.44. The summed E-state index contributed by atoms with van der Waals surface area (Å²) in [5.74, 6) is 1.34. The molecular formula is C22H21ClN2O3S. The van der Waals surface area contributed by atoms with Crippen molar-refractivity contribution in [2.24, 2.45) is 0 Å². The van der Waals surface area contributed by atoms with E-state index in [1.54, 1.807) is 7.11 Å². The molecule has 1 atom stereocenters. The second kappa shape index (κ2) is 8.43. The van der Waals surface area contributed by atoms with Gasteiger partial charge >= 0.3 is 0 Å². The Labute approximate surface area is 180 Å². The highest BCUT2D eigenvalue weighted by Gasteiger charge is 2.33. The fraction of sp³-hybridized carbons (Fsp3) is 0.273. The van der Waals surface area contributed by atoms with E-state index in [1.165, 1.54) is 0 Å². The Morgan fingerprint density at radius 3 is 2.79 bits per heavy atom. The molecule has 0 radical (unpaired) electrons. The summed E-state index contributed by atoms with van der Waals surface area (Å²) in [7, 11) is 1.60. The van der Waals surface area contributed by atoms with Crippen LogP contribution in [0.2, 0.25) is 5.02 Å². The molecule has 1 aliphatic heterocycles. The number of nitrogens with one attached hydrogen (secondary N) is 2. The van der Waals surface area contributed by atoms with Crippen LogP contribution in [0.3, 0.4) is 0 Å². The summed E-state index contributed by atoms with van der Waals surface area (Å²) in [6.45, 7) is 0.310. The van der Waals surface area contributed by atoms with Gasteiger partial charge in [0.05, 0.1) is 13.2 Å². The predicted octanol–water partition coefficient (Wildman–Crippen LogP) is 4.45.